The van der Waals surface area contributed by atoms with Gasteiger partial charge in [-0.3, -0.25) is 14.9 Å². The summed E-state index contributed by atoms with van der Waals surface area (Å²) < 4.78 is 1.68. The standard InChI is InChI=1S/C20H14N2O4/c1-21-15-10-6-5-9-13(15)17-18(21)19(22(25)26)16(14(11-23)20(17)24)12-7-3-2-4-8-12/h2-11,24H,1H3. The molecule has 3 aromatic carbocycles. The first-order chi connectivity index (χ1) is 12.6. The Morgan fingerprint density at radius 3 is 2.38 bits per heavy atom. The molecular weight excluding hydrogens is 332 g/mol. The Morgan fingerprint density at radius 1 is 1.08 bits per heavy atom. The molecule has 6 heteroatoms. The molecular formula is C20H14N2O4. The molecule has 0 saturated heterocycles. The predicted octanol–water partition coefficient (Wildman–Crippen LogP) is 4.42. The van der Waals surface area contributed by atoms with Gasteiger partial charge in [0.2, 0.25) is 0 Å². The molecule has 4 aromatic rings. The van der Waals surface area contributed by atoms with Crippen LogP contribution in [0, 0.1) is 10.1 Å². The summed E-state index contributed by atoms with van der Waals surface area (Å²) in [7, 11) is 1.71. The maximum Gasteiger partial charge on any atom is 0.302 e. The van der Waals surface area contributed by atoms with Gasteiger partial charge in [-0.15, -0.1) is 0 Å². The van der Waals surface area contributed by atoms with Crippen molar-refractivity contribution in [2.75, 3.05) is 0 Å². The number of fused-ring (bicyclic) bond motifs is 3. The minimum absolute atomic E-state index is 0.0771. The van der Waals surface area contributed by atoms with Gasteiger partial charge in [-0.1, -0.05) is 48.5 Å². The van der Waals surface area contributed by atoms with Crippen LogP contribution in [-0.4, -0.2) is 20.9 Å². The van der Waals surface area contributed by atoms with E-state index >= 15 is 0 Å². The molecule has 0 fully saturated rings. The number of para-hydroxylation sites is 1. The lowest BCUT2D eigenvalue weighted by Crippen LogP contribution is -2.01. The highest BCUT2D eigenvalue weighted by Gasteiger charge is 2.31. The number of nitro groups is 1. The second-order valence-corrected chi connectivity index (χ2v) is 6.03. The summed E-state index contributed by atoms with van der Waals surface area (Å²) >= 11 is 0. The Morgan fingerprint density at radius 2 is 1.73 bits per heavy atom. The van der Waals surface area contributed by atoms with Gasteiger partial charge in [0.25, 0.3) is 0 Å². The first-order valence-electron chi connectivity index (χ1n) is 7.97. The van der Waals surface area contributed by atoms with Crippen molar-refractivity contribution >= 4 is 33.8 Å². The summed E-state index contributed by atoms with van der Waals surface area (Å²) in [6, 6.07) is 15.8. The molecule has 0 bridgehead atoms. The number of phenols is 1. The summed E-state index contributed by atoms with van der Waals surface area (Å²) in [5.41, 5.74) is 1.39. The third-order valence-corrected chi connectivity index (χ3v) is 4.69. The number of carbonyl (C=O) groups excluding carboxylic acids is 1. The van der Waals surface area contributed by atoms with Crippen molar-refractivity contribution < 1.29 is 14.8 Å². The van der Waals surface area contributed by atoms with Crippen LogP contribution in [0.25, 0.3) is 32.9 Å². The Balaban J connectivity index is 2.35. The number of aromatic hydroxyl groups is 1. The number of nitro benzene ring substituents is 1. The topological polar surface area (TPSA) is 85.4 Å². The van der Waals surface area contributed by atoms with E-state index in [1.165, 1.54) is 0 Å². The van der Waals surface area contributed by atoms with Gasteiger partial charge >= 0.3 is 5.69 Å². The number of aldehydes is 1. The molecule has 1 heterocycles. The van der Waals surface area contributed by atoms with Crippen molar-refractivity contribution in [1.29, 1.82) is 0 Å². The highest BCUT2D eigenvalue weighted by molar-refractivity contribution is 6.19. The molecule has 6 nitrogen and oxygen atoms in total. The molecule has 0 radical (unpaired) electrons. The monoisotopic (exact) mass is 346 g/mol. The lowest BCUT2D eigenvalue weighted by molar-refractivity contribution is -0.382. The summed E-state index contributed by atoms with van der Waals surface area (Å²) in [6.07, 6.45) is 0.478. The Kier molecular flexibility index (Phi) is 3.47. The van der Waals surface area contributed by atoms with Gasteiger partial charge in [-0.05, 0) is 11.6 Å². The van der Waals surface area contributed by atoms with Crippen LogP contribution in [0.4, 0.5) is 5.69 Å². The van der Waals surface area contributed by atoms with E-state index in [2.05, 4.69) is 0 Å². The predicted molar refractivity (Wildman–Crippen MR) is 99.6 cm³/mol. The van der Waals surface area contributed by atoms with Crippen LogP contribution in [0.15, 0.2) is 54.6 Å². The van der Waals surface area contributed by atoms with E-state index in [0.717, 1.165) is 5.52 Å². The van der Waals surface area contributed by atoms with Crippen LogP contribution in [0.2, 0.25) is 0 Å². The number of phenolic OH excluding ortho intramolecular Hbond substituents is 1. The minimum Gasteiger partial charge on any atom is -0.506 e. The minimum atomic E-state index is -0.490. The van der Waals surface area contributed by atoms with Gasteiger partial charge in [0.05, 0.1) is 21.4 Å². The quantitative estimate of drug-likeness (QED) is 0.338. The Bertz CT molecular complexity index is 1190. The fourth-order valence-corrected chi connectivity index (χ4v) is 3.60. The largest absolute Gasteiger partial charge is 0.506 e. The molecule has 4 rings (SSSR count). The highest BCUT2D eigenvalue weighted by atomic mass is 16.6. The van der Waals surface area contributed by atoms with Crippen LogP contribution < -0.4 is 0 Å². The van der Waals surface area contributed by atoms with Gasteiger partial charge < -0.3 is 9.67 Å². The zero-order valence-electron chi connectivity index (χ0n) is 13.8. The van der Waals surface area contributed by atoms with Crippen molar-refractivity contribution in [3.05, 3.63) is 70.3 Å². The highest BCUT2D eigenvalue weighted by Crippen LogP contribution is 2.47. The molecule has 0 aliphatic heterocycles. The van der Waals surface area contributed by atoms with E-state index in [1.54, 1.807) is 54.1 Å². The molecule has 1 aromatic heterocycles. The summed E-state index contributed by atoms with van der Waals surface area (Å²) in [4.78, 5) is 23.3. The summed E-state index contributed by atoms with van der Waals surface area (Å²) in [5.74, 6) is -0.240. The first kappa shape index (κ1) is 15.8. The molecule has 0 atom stereocenters. The second-order valence-electron chi connectivity index (χ2n) is 6.03. The molecule has 0 aliphatic rings. The lowest BCUT2D eigenvalue weighted by Gasteiger charge is -2.11. The number of aromatic nitrogens is 1. The lowest BCUT2D eigenvalue weighted by atomic mass is 9.94. The van der Waals surface area contributed by atoms with E-state index in [4.69, 9.17) is 0 Å². The molecule has 1 N–H and O–H groups in total. The number of carbonyl (C=O) groups is 1. The number of hydrogen-bond acceptors (Lipinski definition) is 4. The van der Waals surface area contributed by atoms with Crippen LogP contribution in [0.1, 0.15) is 10.4 Å². The average molecular weight is 346 g/mol. The fourth-order valence-electron chi connectivity index (χ4n) is 3.60. The maximum absolute atomic E-state index is 12.0. The van der Waals surface area contributed by atoms with E-state index in [-0.39, 0.29) is 28.1 Å². The molecule has 0 unspecified atom stereocenters. The van der Waals surface area contributed by atoms with Crippen molar-refractivity contribution in [3.8, 4) is 16.9 Å². The first-order valence-corrected chi connectivity index (χ1v) is 7.97. The summed E-state index contributed by atoms with van der Waals surface area (Å²) in [6.45, 7) is 0. The van der Waals surface area contributed by atoms with E-state index in [9.17, 15) is 20.0 Å². The summed E-state index contributed by atoms with van der Waals surface area (Å²) in [5, 5.41) is 23.8. The average Bonchev–Trinajstić information content (AvgIpc) is 2.95. The second kappa shape index (κ2) is 5.70. The van der Waals surface area contributed by atoms with Gasteiger partial charge in [-0.25, -0.2) is 0 Å². The molecule has 26 heavy (non-hydrogen) atoms. The van der Waals surface area contributed by atoms with E-state index in [1.807, 2.05) is 12.1 Å². The molecule has 128 valence electrons. The van der Waals surface area contributed by atoms with Crippen LogP contribution in [0.5, 0.6) is 5.75 Å². The SMILES string of the molecule is Cn1c2ccccc2c2c(O)c(C=O)c(-c3ccccc3)c([N+](=O)[O-])c21. The number of benzene rings is 3. The molecule has 0 amide bonds. The maximum atomic E-state index is 12.0. The molecule has 0 saturated carbocycles. The van der Waals surface area contributed by atoms with Gasteiger partial charge in [0.1, 0.15) is 11.3 Å². The number of hydrogen-bond donors (Lipinski definition) is 1. The van der Waals surface area contributed by atoms with Gasteiger partial charge in [0.15, 0.2) is 6.29 Å². The van der Waals surface area contributed by atoms with Crippen LogP contribution in [0.3, 0.4) is 0 Å². The smallest absolute Gasteiger partial charge is 0.302 e. The number of nitrogens with zero attached hydrogens (tertiary/aromatic N) is 2. The Hall–Kier alpha value is -3.67. The van der Waals surface area contributed by atoms with Crippen molar-refractivity contribution in [3.63, 3.8) is 0 Å². The Labute approximate surface area is 148 Å². The molecule has 0 aliphatic carbocycles. The number of aryl methyl sites for hydroxylation is 1. The van der Waals surface area contributed by atoms with E-state index < -0.39 is 4.92 Å². The fraction of sp³-hybridized carbons (Fsp3) is 0.0500. The van der Waals surface area contributed by atoms with Crippen LogP contribution >= 0.6 is 0 Å². The van der Waals surface area contributed by atoms with Crippen molar-refractivity contribution in [1.82, 2.24) is 4.57 Å². The zero-order valence-corrected chi connectivity index (χ0v) is 13.8. The van der Waals surface area contributed by atoms with Crippen LogP contribution in [-0.2, 0) is 7.05 Å². The third-order valence-electron chi connectivity index (χ3n) is 4.69. The van der Waals surface area contributed by atoms with Crippen molar-refractivity contribution in [2.45, 2.75) is 0 Å². The normalized spacial score (nSPS) is 11.1. The van der Waals surface area contributed by atoms with Gasteiger partial charge in [-0.2, -0.15) is 0 Å². The van der Waals surface area contributed by atoms with Gasteiger partial charge in [0, 0.05) is 18.0 Å². The molecule has 0 spiro atoms. The van der Waals surface area contributed by atoms with E-state index in [0.29, 0.717) is 22.6 Å². The zero-order chi connectivity index (χ0) is 18.4. The van der Waals surface area contributed by atoms with Crippen molar-refractivity contribution in [2.24, 2.45) is 7.05 Å². The number of rotatable bonds is 3. The third kappa shape index (κ3) is 2.02.